The van der Waals surface area contributed by atoms with Gasteiger partial charge in [-0.2, -0.15) is 0 Å². The molecule has 2 nitrogen and oxygen atoms in total. The van der Waals surface area contributed by atoms with Crippen molar-refractivity contribution in [3.63, 3.8) is 0 Å². The first kappa shape index (κ1) is 16.0. The molecule has 0 heterocycles. The molecule has 2 heteroatoms. The lowest BCUT2D eigenvalue weighted by Gasteiger charge is -2.18. The Labute approximate surface area is 132 Å². The van der Waals surface area contributed by atoms with Crippen molar-refractivity contribution in [2.75, 3.05) is 0 Å². The molecule has 0 N–H and O–H groups in total. The fraction of sp³-hybridized carbons (Fsp3) is 0.250. The Kier molecular flexibility index (Phi) is 5.16. The number of ether oxygens (including phenoxy) is 1. The van der Waals surface area contributed by atoms with Crippen molar-refractivity contribution in [1.29, 1.82) is 0 Å². The van der Waals surface area contributed by atoms with Crippen LogP contribution in [0, 0.1) is 0 Å². The van der Waals surface area contributed by atoms with Gasteiger partial charge in [-0.3, -0.25) is 0 Å². The lowest BCUT2D eigenvalue weighted by molar-refractivity contribution is -0.138. The van der Waals surface area contributed by atoms with Gasteiger partial charge in [-0.05, 0) is 28.2 Å². The van der Waals surface area contributed by atoms with Crippen LogP contribution in [0.15, 0.2) is 60.7 Å². The van der Waals surface area contributed by atoms with E-state index >= 15 is 0 Å². The number of carbonyl (C=O) groups excluding carboxylic acids is 1. The third kappa shape index (κ3) is 4.88. The molecular formula is C20H22O2. The standard InChI is InChI=1S/C20H22O2/c1-20(2,3)18-12-9-16(10-13-18)11-14-19(21)22-15-17-7-5-4-6-8-17/h4-14H,15H2,1-3H3. The van der Waals surface area contributed by atoms with E-state index in [-0.39, 0.29) is 11.4 Å². The van der Waals surface area contributed by atoms with Crippen LogP contribution in [0.1, 0.15) is 37.5 Å². The minimum atomic E-state index is -0.330. The predicted octanol–water partition coefficient (Wildman–Crippen LogP) is 4.74. The van der Waals surface area contributed by atoms with E-state index in [1.54, 1.807) is 6.08 Å². The summed E-state index contributed by atoms with van der Waals surface area (Å²) in [6, 6.07) is 17.9. The first-order valence-electron chi connectivity index (χ1n) is 7.44. The van der Waals surface area contributed by atoms with Crippen LogP contribution in [0.3, 0.4) is 0 Å². The summed E-state index contributed by atoms with van der Waals surface area (Å²) in [6.07, 6.45) is 3.24. The molecule has 114 valence electrons. The molecular weight excluding hydrogens is 272 g/mol. The zero-order valence-electron chi connectivity index (χ0n) is 13.4. The first-order valence-corrected chi connectivity index (χ1v) is 7.44. The molecule has 0 saturated heterocycles. The maximum absolute atomic E-state index is 11.7. The van der Waals surface area contributed by atoms with Crippen LogP contribution >= 0.6 is 0 Å². The topological polar surface area (TPSA) is 26.3 Å². The smallest absolute Gasteiger partial charge is 0.331 e. The Morgan fingerprint density at radius 2 is 1.64 bits per heavy atom. The molecule has 2 rings (SSSR count). The van der Waals surface area contributed by atoms with E-state index in [1.807, 2.05) is 42.5 Å². The first-order chi connectivity index (χ1) is 10.4. The van der Waals surface area contributed by atoms with Gasteiger partial charge in [-0.1, -0.05) is 75.4 Å². The number of esters is 1. The van der Waals surface area contributed by atoms with E-state index in [0.717, 1.165) is 11.1 Å². The van der Waals surface area contributed by atoms with E-state index in [1.165, 1.54) is 11.6 Å². The molecule has 0 amide bonds. The summed E-state index contributed by atoms with van der Waals surface area (Å²) >= 11 is 0. The SMILES string of the molecule is CC(C)(C)c1ccc(C=CC(=O)OCc2ccccc2)cc1. The van der Waals surface area contributed by atoms with Crippen molar-refractivity contribution in [1.82, 2.24) is 0 Å². The molecule has 22 heavy (non-hydrogen) atoms. The maximum atomic E-state index is 11.7. The largest absolute Gasteiger partial charge is 0.458 e. The minimum absolute atomic E-state index is 0.136. The van der Waals surface area contributed by atoms with Crippen molar-refractivity contribution in [2.24, 2.45) is 0 Å². The zero-order valence-corrected chi connectivity index (χ0v) is 13.4. The van der Waals surface area contributed by atoms with Gasteiger partial charge in [0, 0.05) is 6.08 Å². The van der Waals surface area contributed by atoms with Gasteiger partial charge in [0.25, 0.3) is 0 Å². The lowest BCUT2D eigenvalue weighted by atomic mass is 9.87. The van der Waals surface area contributed by atoms with Crippen LogP contribution in [0.25, 0.3) is 6.08 Å². The molecule has 0 saturated carbocycles. The molecule has 0 unspecified atom stereocenters. The summed E-state index contributed by atoms with van der Waals surface area (Å²) in [4.78, 5) is 11.7. The molecule has 0 aliphatic rings. The average molecular weight is 294 g/mol. The Bertz CT molecular complexity index is 632. The highest BCUT2D eigenvalue weighted by atomic mass is 16.5. The van der Waals surface area contributed by atoms with Gasteiger partial charge in [-0.25, -0.2) is 4.79 Å². The maximum Gasteiger partial charge on any atom is 0.331 e. The van der Waals surface area contributed by atoms with Crippen molar-refractivity contribution in [3.05, 3.63) is 77.4 Å². The second-order valence-electron chi connectivity index (χ2n) is 6.30. The normalized spacial score (nSPS) is 11.6. The van der Waals surface area contributed by atoms with E-state index in [2.05, 4.69) is 32.9 Å². The highest BCUT2D eigenvalue weighted by Gasteiger charge is 2.12. The van der Waals surface area contributed by atoms with E-state index < -0.39 is 0 Å². The van der Waals surface area contributed by atoms with Crippen LogP contribution < -0.4 is 0 Å². The van der Waals surface area contributed by atoms with Crippen molar-refractivity contribution < 1.29 is 9.53 Å². The van der Waals surface area contributed by atoms with Crippen molar-refractivity contribution in [3.8, 4) is 0 Å². The number of benzene rings is 2. The number of carbonyl (C=O) groups is 1. The summed E-state index contributed by atoms with van der Waals surface area (Å²) in [6.45, 7) is 6.84. The summed E-state index contributed by atoms with van der Waals surface area (Å²) < 4.78 is 5.20. The average Bonchev–Trinajstić information content (AvgIpc) is 2.51. The zero-order chi connectivity index (χ0) is 16.0. The molecule has 0 atom stereocenters. The summed E-state index contributed by atoms with van der Waals surface area (Å²) in [7, 11) is 0. The lowest BCUT2D eigenvalue weighted by Crippen LogP contribution is -2.10. The molecule has 2 aromatic rings. The third-order valence-corrected chi connectivity index (χ3v) is 3.41. The highest BCUT2D eigenvalue weighted by Crippen LogP contribution is 2.22. The Balaban J connectivity index is 1.90. The fourth-order valence-electron chi connectivity index (χ4n) is 2.04. The van der Waals surface area contributed by atoms with E-state index in [4.69, 9.17) is 4.74 Å². The minimum Gasteiger partial charge on any atom is -0.458 e. The Morgan fingerprint density at radius 3 is 2.23 bits per heavy atom. The monoisotopic (exact) mass is 294 g/mol. The molecule has 0 fully saturated rings. The van der Waals surface area contributed by atoms with Crippen LogP contribution in [0.2, 0.25) is 0 Å². The molecule has 0 bridgehead atoms. The summed E-state index contributed by atoms with van der Waals surface area (Å²) in [5.41, 5.74) is 3.39. The fourth-order valence-corrected chi connectivity index (χ4v) is 2.04. The van der Waals surface area contributed by atoms with E-state index in [0.29, 0.717) is 6.61 Å². The van der Waals surface area contributed by atoms with Crippen LogP contribution in [0.4, 0.5) is 0 Å². The summed E-state index contributed by atoms with van der Waals surface area (Å²) in [5, 5.41) is 0. The van der Waals surface area contributed by atoms with Gasteiger partial charge >= 0.3 is 5.97 Å². The van der Waals surface area contributed by atoms with Crippen molar-refractivity contribution >= 4 is 12.0 Å². The second-order valence-corrected chi connectivity index (χ2v) is 6.30. The van der Waals surface area contributed by atoms with Gasteiger partial charge in [0.15, 0.2) is 0 Å². The van der Waals surface area contributed by atoms with Gasteiger partial charge in [0.05, 0.1) is 0 Å². The van der Waals surface area contributed by atoms with E-state index in [9.17, 15) is 4.79 Å². The van der Waals surface area contributed by atoms with Gasteiger partial charge in [0.1, 0.15) is 6.61 Å². The number of hydrogen-bond donors (Lipinski definition) is 0. The van der Waals surface area contributed by atoms with Crippen molar-refractivity contribution in [2.45, 2.75) is 32.8 Å². The molecule has 0 aliphatic heterocycles. The molecule has 2 aromatic carbocycles. The quantitative estimate of drug-likeness (QED) is 0.601. The predicted molar refractivity (Wildman–Crippen MR) is 90.4 cm³/mol. The Hall–Kier alpha value is -2.35. The Morgan fingerprint density at radius 1 is 1.00 bits per heavy atom. The van der Waals surface area contributed by atoms with Gasteiger partial charge in [0.2, 0.25) is 0 Å². The number of hydrogen-bond acceptors (Lipinski definition) is 2. The van der Waals surface area contributed by atoms with Gasteiger partial charge in [-0.15, -0.1) is 0 Å². The molecule has 0 aromatic heterocycles. The second kappa shape index (κ2) is 7.08. The highest BCUT2D eigenvalue weighted by molar-refractivity contribution is 5.87. The molecule has 0 spiro atoms. The molecule has 0 aliphatic carbocycles. The summed E-state index contributed by atoms with van der Waals surface area (Å²) in [5.74, 6) is -0.330. The molecule has 0 radical (unpaired) electrons. The number of rotatable bonds is 4. The van der Waals surface area contributed by atoms with Crippen LogP contribution in [-0.2, 0) is 21.6 Å². The van der Waals surface area contributed by atoms with Crippen LogP contribution in [0.5, 0.6) is 0 Å². The van der Waals surface area contributed by atoms with Gasteiger partial charge < -0.3 is 4.74 Å². The van der Waals surface area contributed by atoms with Crippen LogP contribution in [-0.4, -0.2) is 5.97 Å². The third-order valence-electron chi connectivity index (χ3n) is 3.41.